The maximum absolute atomic E-state index is 8.70. The molecule has 21 heavy (non-hydrogen) atoms. The molecule has 0 heterocycles. The topological polar surface area (TPSA) is 32.3 Å². The van der Waals surface area contributed by atoms with Crippen molar-refractivity contribution >= 4 is 5.69 Å². The molecule has 0 unspecified atom stereocenters. The predicted molar refractivity (Wildman–Crippen MR) is 92.9 cm³/mol. The van der Waals surface area contributed by atoms with E-state index in [0.29, 0.717) is 6.61 Å². The lowest BCUT2D eigenvalue weighted by Crippen LogP contribution is -1.95. The number of hydrogen-bond donors (Lipinski definition) is 2. The first kappa shape index (κ1) is 18.0. The molecule has 0 spiro atoms. The molecule has 0 aliphatic rings. The van der Waals surface area contributed by atoms with Gasteiger partial charge in [-0.1, -0.05) is 69.6 Å². The highest BCUT2D eigenvalue weighted by atomic mass is 16.2. The van der Waals surface area contributed by atoms with Crippen LogP contribution < -0.4 is 5.32 Å². The Balaban J connectivity index is 1.93. The van der Waals surface area contributed by atoms with Crippen LogP contribution in [0, 0.1) is 0 Å². The minimum atomic E-state index is 0.358. The Morgan fingerprint density at radius 2 is 1.29 bits per heavy atom. The van der Waals surface area contributed by atoms with Crippen molar-refractivity contribution < 1.29 is 5.11 Å². The summed E-state index contributed by atoms with van der Waals surface area (Å²) in [5.41, 5.74) is 2.73. The van der Waals surface area contributed by atoms with Gasteiger partial charge in [-0.3, -0.25) is 0 Å². The molecule has 0 saturated heterocycles. The Hall–Kier alpha value is -1.02. The summed E-state index contributed by atoms with van der Waals surface area (Å²) in [5.74, 6) is 0. The minimum absolute atomic E-state index is 0.358. The van der Waals surface area contributed by atoms with E-state index in [1.165, 1.54) is 75.5 Å². The zero-order valence-corrected chi connectivity index (χ0v) is 13.7. The molecule has 0 bridgehead atoms. The molecule has 1 aromatic rings. The zero-order chi connectivity index (χ0) is 15.2. The van der Waals surface area contributed by atoms with Gasteiger partial charge in [0.25, 0.3) is 0 Å². The number of aryl methyl sites for hydroxylation is 1. The van der Waals surface area contributed by atoms with Crippen LogP contribution in [-0.2, 0) is 6.42 Å². The second kappa shape index (κ2) is 12.7. The quantitative estimate of drug-likeness (QED) is 0.492. The van der Waals surface area contributed by atoms with Crippen molar-refractivity contribution in [3.05, 3.63) is 29.8 Å². The first-order valence-electron chi connectivity index (χ1n) is 8.75. The standard InChI is InChI=1S/C19H33NO/c1-20-19-16-12-11-15-18(19)14-10-8-6-4-2-3-5-7-9-13-17-21/h11-12,15-16,20-21H,2-10,13-14,17H2,1H3. The van der Waals surface area contributed by atoms with Crippen LogP contribution in [0.25, 0.3) is 0 Å². The number of anilines is 1. The summed E-state index contributed by atoms with van der Waals surface area (Å²) in [5, 5.41) is 12.0. The van der Waals surface area contributed by atoms with Crippen LogP contribution in [0.15, 0.2) is 24.3 Å². The molecule has 0 radical (unpaired) electrons. The second-order valence-corrected chi connectivity index (χ2v) is 5.92. The van der Waals surface area contributed by atoms with Gasteiger partial charge in [0.2, 0.25) is 0 Å². The molecule has 2 heteroatoms. The van der Waals surface area contributed by atoms with Crippen LogP contribution in [-0.4, -0.2) is 18.8 Å². The lowest BCUT2D eigenvalue weighted by molar-refractivity contribution is 0.282. The average Bonchev–Trinajstić information content (AvgIpc) is 2.53. The van der Waals surface area contributed by atoms with E-state index in [-0.39, 0.29) is 0 Å². The maximum atomic E-state index is 8.70. The van der Waals surface area contributed by atoms with Gasteiger partial charge in [0.05, 0.1) is 0 Å². The number of hydrogen-bond acceptors (Lipinski definition) is 2. The first-order valence-corrected chi connectivity index (χ1v) is 8.75. The fraction of sp³-hybridized carbons (Fsp3) is 0.684. The highest BCUT2D eigenvalue weighted by molar-refractivity contribution is 5.50. The van der Waals surface area contributed by atoms with Gasteiger partial charge in [-0.05, 0) is 30.9 Å². The van der Waals surface area contributed by atoms with Crippen molar-refractivity contribution in [1.29, 1.82) is 0 Å². The molecule has 0 amide bonds. The Morgan fingerprint density at radius 3 is 1.86 bits per heavy atom. The molecule has 0 atom stereocenters. The van der Waals surface area contributed by atoms with Crippen LogP contribution in [0.3, 0.4) is 0 Å². The van der Waals surface area contributed by atoms with Gasteiger partial charge in [-0.25, -0.2) is 0 Å². The lowest BCUT2D eigenvalue weighted by Gasteiger charge is -2.08. The molecule has 1 aromatic carbocycles. The summed E-state index contributed by atoms with van der Waals surface area (Å²) in [7, 11) is 2.00. The molecule has 0 aliphatic carbocycles. The van der Waals surface area contributed by atoms with Crippen LogP contribution in [0.1, 0.15) is 69.8 Å². The minimum Gasteiger partial charge on any atom is -0.396 e. The smallest absolute Gasteiger partial charge is 0.0431 e. The highest BCUT2D eigenvalue weighted by Gasteiger charge is 1.99. The highest BCUT2D eigenvalue weighted by Crippen LogP contribution is 2.18. The van der Waals surface area contributed by atoms with E-state index < -0.39 is 0 Å². The van der Waals surface area contributed by atoms with Crippen molar-refractivity contribution in [2.75, 3.05) is 19.0 Å². The maximum Gasteiger partial charge on any atom is 0.0431 e. The second-order valence-electron chi connectivity index (χ2n) is 5.92. The van der Waals surface area contributed by atoms with Crippen LogP contribution in [0.5, 0.6) is 0 Å². The van der Waals surface area contributed by atoms with E-state index in [0.717, 1.165) is 6.42 Å². The van der Waals surface area contributed by atoms with E-state index in [2.05, 4.69) is 29.6 Å². The summed E-state index contributed by atoms with van der Waals surface area (Å²) in [6, 6.07) is 8.62. The molecule has 120 valence electrons. The lowest BCUT2D eigenvalue weighted by atomic mass is 10.0. The molecule has 0 aliphatic heterocycles. The zero-order valence-electron chi connectivity index (χ0n) is 13.7. The number of aliphatic hydroxyl groups excluding tert-OH is 1. The number of aliphatic hydroxyl groups is 1. The third-order valence-corrected chi connectivity index (χ3v) is 4.14. The van der Waals surface area contributed by atoms with Gasteiger partial charge in [0.15, 0.2) is 0 Å². The molecule has 2 nitrogen and oxygen atoms in total. The van der Waals surface area contributed by atoms with E-state index in [1.807, 2.05) is 7.05 Å². The number of benzene rings is 1. The van der Waals surface area contributed by atoms with Gasteiger partial charge in [-0.2, -0.15) is 0 Å². The number of para-hydroxylation sites is 1. The molecular formula is C19H33NO. The van der Waals surface area contributed by atoms with Gasteiger partial charge in [0, 0.05) is 19.3 Å². The van der Waals surface area contributed by atoms with Gasteiger partial charge >= 0.3 is 0 Å². The van der Waals surface area contributed by atoms with Crippen molar-refractivity contribution in [3.63, 3.8) is 0 Å². The monoisotopic (exact) mass is 291 g/mol. The number of rotatable bonds is 13. The normalized spacial score (nSPS) is 10.8. The number of unbranched alkanes of at least 4 members (excludes halogenated alkanes) is 9. The Morgan fingerprint density at radius 1 is 0.762 bits per heavy atom. The third-order valence-electron chi connectivity index (χ3n) is 4.14. The van der Waals surface area contributed by atoms with Crippen LogP contribution in [0.4, 0.5) is 5.69 Å². The Kier molecular flexibility index (Phi) is 10.9. The Labute approximate surface area is 131 Å². The first-order chi connectivity index (χ1) is 10.4. The predicted octanol–water partition coefficient (Wildman–Crippen LogP) is 5.16. The summed E-state index contributed by atoms with van der Waals surface area (Å²) >= 11 is 0. The molecule has 0 saturated carbocycles. The Bertz CT molecular complexity index is 351. The fourth-order valence-corrected chi connectivity index (χ4v) is 2.82. The third kappa shape index (κ3) is 8.77. The average molecular weight is 291 g/mol. The van der Waals surface area contributed by atoms with Crippen molar-refractivity contribution in [3.8, 4) is 0 Å². The largest absolute Gasteiger partial charge is 0.396 e. The van der Waals surface area contributed by atoms with Crippen molar-refractivity contribution in [2.45, 2.75) is 70.6 Å². The SMILES string of the molecule is CNc1ccccc1CCCCCCCCCCCCO. The van der Waals surface area contributed by atoms with Crippen molar-refractivity contribution in [1.82, 2.24) is 0 Å². The van der Waals surface area contributed by atoms with E-state index in [1.54, 1.807) is 0 Å². The van der Waals surface area contributed by atoms with Crippen LogP contribution >= 0.6 is 0 Å². The van der Waals surface area contributed by atoms with Crippen LogP contribution in [0.2, 0.25) is 0 Å². The summed E-state index contributed by atoms with van der Waals surface area (Å²) in [6.45, 7) is 0.358. The molecular weight excluding hydrogens is 258 g/mol. The van der Waals surface area contributed by atoms with Gasteiger partial charge in [0.1, 0.15) is 0 Å². The fourth-order valence-electron chi connectivity index (χ4n) is 2.82. The molecule has 1 rings (SSSR count). The van der Waals surface area contributed by atoms with Gasteiger partial charge < -0.3 is 10.4 Å². The van der Waals surface area contributed by atoms with E-state index >= 15 is 0 Å². The number of nitrogens with one attached hydrogen (secondary N) is 1. The van der Waals surface area contributed by atoms with Crippen molar-refractivity contribution in [2.24, 2.45) is 0 Å². The summed E-state index contributed by atoms with van der Waals surface area (Å²) in [6.07, 6.45) is 14.2. The molecule has 2 N–H and O–H groups in total. The molecule has 0 fully saturated rings. The summed E-state index contributed by atoms with van der Waals surface area (Å²) in [4.78, 5) is 0. The molecule has 0 aromatic heterocycles. The van der Waals surface area contributed by atoms with E-state index in [9.17, 15) is 0 Å². The van der Waals surface area contributed by atoms with E-state index in [4.69, 9.17) is 5.11 Å². The van der Waals surface area contributed by atoms with Gasteiger partial charge in [-0.15, -0.1) is 0 Å². The summed E-state index contributed by atoms with van der Waals surface area (Å²) < 4.78 is 0.